The van der Waals surface area contributed by atoms with Crippen molar-refractivity contribution in [3.05, 3.63) is 60.7 Å². The van der Waals surface area contributed by atoms with Crippen LogP contribution in [0.25, 0.3) is 22.6 Å². The summed E-state index contributed by atoms with van der Waals surface area (Å²) >= 11 is 1.64. The molecule has 3 rings (SSSR count). The van der Waals surface area contributed by atoms with Crippen LogP contribution in [0.15, 0.2) is 59.5 Å². The summed E-state index contributed by atoms with van der Waals surface area (Å²) in [5.41, 5.74) is 3.32. The fraction of sp³-hybridized carbons (Fsp3) is 0.111. The lowest BCUT2D eigenvalue weighted by Crippen LogP contribution is -2.05. The van der Waals surface area contributed by atoms with E-state index in [1.54, 1.807) is 17.8 Å². The van der Waals surface area contributed by atoms with Gasteiger partial charge >= 0.3 is 5.97 Å². The Morgan fingerprint density at radius 2 is 2.17 bits per heavy atom. The van der Waals surface area contributed by atoms with Crippen LogP contribution in [0, 0.1) is 0 Å². The average molecular weight is 325 g/mol. The summed E-state index contributed by atoms with van der Waals surface area (Å²) in [4.78, 5) is 15.9. The molecule has 0 atom stereocenters. The average Bonchev–Trinajstić information content (AvgIpc) is 3.00. The van der Waals surface area contributed by atoms with E-state index in [9.17, 15) is 4.79 Å². The summed E-state index contributed by atoms with van der Waals surface area (Å²) in [5, 5.41) is 0. The molecule has 0 fully saturated rings. The Hall–Kier alpha value is -2.53. The van der Waals surface area contributed by atoms with Crippen LogP contribution in [0.3, 0.4) is 0 Å². The highest BCUT2D eigenvalue weighted by Crippen LogP contribution is 2.30. The second-order valence-corrected chi connectivity index (χ2v) is 5.73. The third-order valence-corrected chi connectivity index (χ3v) is 3.88. The van der Waals surface area contributed by atoms with Crippen molar-refractivity contribution in [3.63, 3.8) is 0 Å². The maximum atomic E-state index is 11.4. The number of thioether (sulfide) groups is 1. The SMILES string of the molecule is C=CC(=O)Oc1ccc(-c2nc3ccccc3o2)cc1CSC. The van der Waals surface area contributed by atoms with Crippen molar-refractivity contribution >= 4 is 28.8 Å². The molecule has 0 aliphatic heterocycles. The van der Waals surface area contributed by atoms with Gasteiger partial charge in [-0.05, 0) is 36.6 Å². The van der Waals surface area contributed by atoms with Gasteiger partial charge in [-0.15, -0.1) is 0 Å². The third-order valence-electron chi connectivity index (χ3n) is 3.28. The zero-order valence-corrected chi connectivity index (χ0v) is 13.4. The number of oxazole rings is 1. The first-order chi connectivity index (χ1) is 11.2. The Kier molecular flexibility index (Phi) is 4.48. The molecule has 0 aliphatic rings. The van der Waals surface area contributed by atoms with Crippen LogP contribution in [0.5, 0.6) is 5.75 Å². The lowest BCUT2D eigenvalue weighted by molar-refractivity contribution is -0.129. The van der Waals surface area contributed by atoms with Crippen molar-refractivity contribution in [2.75, 3.05) is 6.26 Å². The van der Waals surface area contributed by atoms with E-state index in [1.807, 2.05) is 42.7 Å². The number of aromatic nitrogens is 1. The topological polar surface area (TPSA) is 52.3 Å². The van der Waals surface area contributed by atoms with Crippen LogP contribution < -0.4 is 4.74 Å². The summed E-state index contributed by atoms with van der Waals surface area (Å²) in [6.45, 7) is 3.42. The molecule has 0 aliphatic carbocycles. The fourth-order valence-corrected chi connectivity index (χ4v) is 2.76. The zero-order valence-electron chi connectivity index (χ0n) is 12.6. The first-order valence-corrected chi connectivity index (χ1v) is 8.42. The highest BCUT2D eigenvalue weighted by Gasteiger charge is 2.12. The molecule has 0 radical (unpaired) electrons. The minimum atomic E-state index is -0.470. The number of esters is 1. The number of hydrogen-bond donors (Lipinski definition) is 0. The number of hydrogen-bond acceptors (Lipinski definition) is 5. The monoisotopic (exact) mass is 325 g/mol. The van der Waals surface area contributed by atoms with Crippen molar-refractivity contribution < 1.29 is 13.9 Å². The van der Waals surface area contributed by atoms with Crippen LogP contribution in [0.4, 0.5) is 0 Å². The van der Waals surface area contributed by atoms with Gasteiger partial charge in [0.1, 0.15) is 11.3 Å². The van der Waals surface area contributed by atoms with E-state index in [-0.39, 0.29) is 0 Å². The molecular formula is C18H15NO3S. The second kappa shape index (κ2) is 6.71. The van der Waals surface area contributed by atoms with Crippen molar-refractivity contribution in [2.45, 2.75) is 5.75 Å². The first kappa shape index (κ1) is 15.4. The molecule has 0 saturated carbocycles. The van der Waals surface area contributed by atoms with Gasteiger partial charge in [0.15, 0.2) is 5.58 Å². The molecule has 23 heavy (non-hydrogen) atoms. The van der Waals surface area contributed by atoms with E-state index < -0.39 is 5.97 Å². The number of carbonyl (C=O) groups excluding carboxylic acids is 1. The Balaban J connectivity index is 2.00. The van der Waals surface area contributed by atoms with E-state index >= 15 is 0 Å². The molecule has 0 unspecified atom stereocenters. The number of ether oxygens (including phenoxy) is 1. The van der Waals surface area contributed by atoms with Crippen LogP contribution in [0.1, 0.15) is 5.56 Å². The Morgan fingerprint density at radius 3 is 2.91 bits per heavy atom. The van der Waals surface area contributed by atoms with Gasteiger partial charge in [0.25, 0.3) is 0 Å². The predicted molar refractivity (Wildman–Crippen MR) is 92.5 cm³/mol. The lowest BCUT2D eigenvalue weighted by Gasteiger charge is -2.09. The highest BCUT2D eigenvalue weighted by atomic mass is 32.2. The van der Waals surface area contributed by atoms with E-state index in [1.165, 1.54) is 0 Å². The van der Waals surface area contributed by atoms with Gasteiger partial charge in [-0.1, -0.05) is 18.7 Å². The normalized spacial score (nSPS) is 10.7. The minimum Gasteiger partial charge on any atom is -0.436 e. The number of rotatable bonds is 5. The number of carbonyl (C=O) groups is 1. The quantitative estimate of drug-likeness (QED) is 0.394. The molecular weight excluding hydrogens is 310 g/mol. The molecule has 0 spiro atoms. The summed E-state index contributed by atoms with van der Waals surface area (Å²) in [6.07, 6.45) is 3.14. The molecule has 1 aromatic heterocycles. The molecule has 2 aromatic carbocycles. The highest BCUT2D eigenvalue weighted by molar-refractivity contribution is 7.97. The maximum Gasteiger partial charge on any atom is 0.335 e. The van der Waals surface area contributed by atoms with Gasteiger partial charge in [-0.25, -0.2) is 9.78 Å². The number of benzene rings is 2. The Bertz CT molecular complexity index is 837. The van der Waals surface area contributed by atoms with Gasteiger partial charge in [0.2, 0.25) is 5.89 Å². The summed E-state index contributed by atoms with van der Waals surface area (Å²) in [6, 6.07) is 13.2. The summed E-state index contributed by atoms with van der Waals surface area (Å²) in [7, 11) is 0. The Morgan fingerprint density at radius 1 is 1.35 bits per heavy atom. The number of fused-ring (bicyclic) bond motifs is 1. The third kappa shape index (κ3) is 3.29. The number of nitrogens with zero attached hydrogens (tertiary/aromatic N) is 1. The van der Waals surface area contributed by atoms with E-state index in [0.717, 1.165) is 28.3 Å². The van der Waals surface area contributed by atoms with Gasteiger partial charge in [-0.2, -0.15) is 11.8 Å². The van der Waals surface area contributed by atoms with Crippen LogP contribution >= 0.6 is 11.8 Å². The molecule has 0 N–H and O–H groups in total. The molecule has 0 amide bonds. The van der Waals surface area contributed by atoms with Gasteiger partial charge < -0.3 is 9.15 Å². The lowest BCUT2D eigenvalue weighted by atomic mass is 10.1. The van der Waals surface area contributed by atoms with Crippen molar-refractivity contribution in [3.8, 4) is 17.2 Å². The van der Waals surface area contributed by atoms with Gasteiger partial charge in [0, 0.05) is 23.0 Å². The summed E-state index contributed by atoms with van der Waals surface area (Å²) in [5.74, 6) is 1.33. The molecule has 3 aromatic rings. The molecule has 1 heterocycles. The molecule has 0 saturated heterocycles. The van der Waals surface area contributed by atoms with Gasteiger partial charge in [-0.3, -0.25) is 0 Å². The predicted octanol–water partition coefficient (Wildman–Crippen LogP) is 4.45. The zero-order chi connectivity index (χ0) is 16.2. The molecule has 116 valence electrons. The van der Waals surface area contributed by atoms with Crippen molar-refractivity contribution in [1.82, 2.24) is 4.98 Å². The second-order valence-electron chi connectivity index (χ2n) is 4.87. The summed E-state index contributed by atoms with van der Waals surface area (Å²) < 4.78 is 11.1. The Labute approximate surface area is 138 Å². The first-order valence-electron chi connectivity index (χ1n) is 7.03. The van der Waals surface area contributed by atoms with E-state index in [2.05, 4.69) is 11.6 Å². The fourth-order valence-electron chi connectivity index (χ4n) is 2.23. The number of para-hydroxylation sites is 2. The maximum absolute atomic E-state index is 11.4. The van der Waals surface area contributed by atoms with Crippen LogP contribution in [0.2, 0.25) is 0 Å². The smallest absolute Gasteiger partial charge is 0.335 e. The van der Waals surface area contributed by atoms with E-state index in [0.29, 0.717) is 17.4 Å². The molecule has 0 bridgehead atoms. The van der Waals surface area contributed by atoms with E-state index in [4.69, 9.17) is 9.15 Å². The minimum absolute atomic E-state index is 0.470. The van der Waals surface area contributed by atoms with Crippen LogP contribution in [-0.4, -0.2) is 17.2 Å². The molecule has 5 heteroatoms. The van der Waals surface area contributed by atoms with Crippen molar-refractivity contribution in [1.29, 1.82) is 0 Å². The molecule has 4 nitrogen and oxygen atoms in total. The largest absolute Gasteiger partial charge is 0.436 e. The van der Waals surface area contributed by atoms with Gasteiger partial charge in [0.05, 0.1) is 0 Å². The van der Waals surface area contributed by atoms with Crippen LogP contribution in [-0.2, 0) is 10.5 Å². The van der Waals surface area contributed by atoms with Crippen molar-refractivity contribution in [2.24, 2.45) is 0 Å². The standard InChI is InChI=1S/C18H15NO3S/c1-3-17(20)21-15-9-8-12(10-13(15)11-23-2)18-19-14-6-4-5-7-16(14)22-18/h3-10H,1,11H2,2H3.